The molecule has 0 aromatic heterocycles. The maximum atomic E-state index is 12.7. The summed E-state index contributed by atoms with van der Waals surface area (Å²) in [6, 6.07) is 4.12. The summed E-state index contributed by atoms with van der Waals surface area (Å²) in [5.41, 5.74) is 1.49. The van der Waals surface area contributed by atoms with E-state index in [1.807, 2.05) is 19.0 Å². The van der Waals surface area contributed by atoms with E-state index in [-0.39, 0.29) is 24.6 Å². The molecular weight excluding hydrogens is 425 g/mol. The van der Waals surface area contributed by atoms with Crippen LogP contribution in [0.15, 0.2) is 51.2 Å². The Hall–Kier alpha value is -2.60. The zero-order chi connectivity index (χ0) is 22.4. The zero-order valence-electron chi connectivity index (χ0n) is 16.6. The van der Waals surface area contributed by atoms with E-state index >= 15 is 0 Å². The first-order chi connectivity index (χ1) is 14.0. The lowest BCUT2D eigenvalue weighted by molar-refractivity contribution is -0.274. The second-order valence-electron chi connectivity index (χ2n) is 6.55. The van der Waals surface area contributed by atoms with Gasteiger partial charge in [0.25, 0.3) is 0 Å². The number of oxime groups is 1. The van der Waals surface area contributed by atoms with E-state index in [1.54, 1.807) is 6.20 Å². The third-order valence-corrected chi connectivity index (χ3v) is 6.13. The van der Waals surface area contributed by atoms with E-state index in [9.17, 15) is 21.6 Å². The zero-order valence-corrected chi connectivity index (χ0v) is 17.4. The smallest absolute Gasteiger partial charge is 0.406 e. The van der Waals surface area contributed by atoms with Crippen molar-refractivity contribution in [3.8, 4) is 5.75 Å². The van der Waals surface area contributed by atoms with Crippen molar-refractivity contribution in [2.45, 2.75) is 24.1 Å². The summed E-state index contributed by atoms with van der Waals surface area (Å²) >= 11 is 0. The minimum Gasteiger partial charge on any atom is -0.406 e. The summed E-state index contributed by atoms with van der Waals surface area (Å²) in [5, 5.41) is 4.07. The number of sulfonamides is 1. The first kappa shape index (κ1) is 23.7. The highest BCUT2D eigenvalue weighted by Gasteiger charge is 2.32. The number of alkyl halides is 3. The predicted octanol–water partition coefficient (Wildman–Crippen LogP) is 2.85. The molecular formula is C18H23F3N4O4S. The van der Waals surface area contributed by atoms with Crippen molar-refractivity contribution in [2.75, 3.05) is 33.8 Å². The summed E-state index contributed by atoms with van der Waals surface area (Å²) in [6.45, 7) is 3.97. The highest BCUT2D eigenvalue weighted by atomic mass is 32.2. The second kappa shape index (κ2) is 9.94. The van der Waals surface area contributed by atoms with Gasteiger partial charge in [-0.2, -0.15) is 4.31 Å². The van der Waals surface area contributed by atoms with Crippen LogP contribution in [-0.2, 0) is 14.9 Å². The quantitative estimate of drug-likeness (QED) is 0.451. The van der Waals surface area contributed by atoms with Crippen LogP contribution in [0.4, 0.5) is 13.2 Å². The van der Waals surface area contributed by atoms with Gasteiger partial charge in [0.2, 0.25) is 10.0 Å². The fraction of sp³-hybridized carbons (Fsp3) is 0.444. The first-order valence-corrected chi connectivity index (χ1v) is 10.3. The Morgan fingerprint density at radius 2 is 1.83 bits per heavy atom. The largest absolute Gasteiger partial charge is 0.573 e. The van der Waals surface area contributed by atoms with E-state index in [0.29, 0.717) is 12.8 Å². The van der Waals surface area contributed by atoms with Crippen LogP contribution in [0, 0.1) is 0 Å². The molecule has 1 aliphatic heterocycles. The summed E-state index contributed by atoms with van der Waals surface area (Å²) in [6.07, 6.45) is -2.51. The third kappa shape index (κ3) is 6.73. The van der Waals surface area contributed by atoms with Gasteiger partial charge in [-0.1, -0.05) is 5.16 Å². The van der Waals surface area contributed by atoms with Crippen LogP contribution in [0.25, 0.3) is 0 Å². The molecule has 1 aromatic rings. The van der Waals surface area contributed by atoms with Crippen molar-refractivity contribution in [3.63, 3.8) is 0 Å². The van der Waals surface area contributed by atoms with Gasteiger partial charge in [0.05, 0.1) is 16.3 Å². The monoisotopic (exact) mass is 448 g/mol. The van der Waals surface area contributed by atoms with E-state index < -0.39 is 22.1 Å². The number of hydrogen-bond donors (Lipinski definition) is 0. The van der Waals surface area contributed by atoms with E-state index in [0.717, 1.165) is 35.7 Å². The Bertz CT molecular complexity index is 887. The van der Waals surface area contributed by atoms with Crippen molar-refractivity contribution in [3.05, 3.63) is 36.2 Å². The van der Waals surface area contributed by atoms with Crippen LogP contribution >= 0.6 is 0 Å². The standard InChI is InChI=1S/C18H23F3N4O4S/c1-22-12-15(24(2)3)13-28-23-14-8-10-25(11-9-14)30(26,27)17-6-4-16(5-7-17)29-18(19,20)21/h4-7,12H,1,8-11,13H2,2-3H3/b15-12-. The van der Waals surface area contributed by atoms with Gasteiger partial charge < -0.3 is 14.5 Å². The lowest BCUT2D eigenvalue weighted by atomic mass is 10.1. The molecule has 166 valence electrons. The molecule has 0 unspecified atom stereocenters. The van der Waals surface area contributed by atoms with Crippen molar-refractivity contribution in [2.24, 2.45) is 10.1 Å². The van der Waals surface area contributed by atoms with Gasteiger partial charge in [0.1, 0.15) is 5.75 Å². The van der Waals surface area contributed by atoms with Crippen LogP contribution in [0.2, 0.25) is 0 Å². The molecule has 1 saturated heterocycles. The molecule has 1 aromatic carbocycles. The molecule has 12 heteroatoms. The van der Waals surface area contributed by atoms with Gasteiger partial charge in [0, 0.05) is 46.2 Å². The molecule has 8 nitrogen and oxygen atoms in total. The normalized spacial score (nSPS) is 16.2. The Morgan fingerprint density at radius 1 is 1.23 bits per heavy atom. The van der Waals surface area contributed by atoms with Crippen LogP contribution in [0.1, 0.15) is 12.8 Å². The molecule has 0 bridgehead atoms. The number of benzene rings is 1. The lowest BCUT2D eigenvalue weighted by Crippen LogP contribution is -2.38. The third-order valence-electron chi connectivity index (χ3n) is 4.22. The van der Waals surface area contributed by atoms with Gasteiger partial charge in [-0.3, -0.25) is 4.99 Å². The second-order valence-corrected chi connectivity index (χ2v) is 8.49. The van der Waals surface area contributed by atoms with E-state index in [1.165, 1.54) is 4.31 Å². The highest BCUT2D eigenvalue weighted by Crippen LogP contribution is 2.26. The number of likely N-dealkylation sites (N-methyl/N-ethyl adjacent to an activating group) is 1. The minimum atomic E-state index is -4.84. The number of rotatable bonds is 8. The van der Waals surface area contributed by atoms with E-state index in [2.05, 4.69) is 21.6 Å². The number of piperidine rings is 1. The Balaban J connectivity index is 1.95. The summed E-state index contributed by atoms with van der Waals surface area (Å²) in [7, 11) is -0.169. The fourth-order valence-electron chi connectivity index (χ4n) is 2.62. The average Bonchev–Trinajstić information content (AvgIpc) is 2.67. The molecule has 1 aliphatic rings. The van der Waals surface area contributed by atoms with Crippen LogP contribution in [-0.4, -0.2) is 70.2 Å². The lowest BCUT2D eigenvalue weighted by Gasteiger charge is -2.26. The van der Waals surface area contributed by atoms with Crippen LogP contribution in [0.3, 0.4) is 0 Å². The van der Waals surface area contributed by atoms with Crippen LogP contribution < -0.4 is 4.74 Å². The maximum absolute atomic E-state index is 12.7. The Labute approximate surface area is 173 Å². The fourth-order valence-corrected chi connectivity index (χ4v) is 4.06. The number of aliphatic imine (C=N–C) groups is 1. The molecule has 0 atom stereocenters. The van der Waals surface area contributed by atoms with Crippen molar-refractivity contribution < 1.29 is 31.2 Å². The van der Waals surface area contributed by atoms with Gasteiger partial charge in [-0.05, 0) is 31.0 Å². The maximum Gasteiger partial charge on any atom is 0.573 e. The molecule has 0 spiro atoms. The van der Waals surface area contributed by atoms with Gasteiger partial charge in [0.15, 0.2) is 6.61 Å². The van der Waals surface area contributed by atoms with Gasteiger partial charge >= 0.3 is 6.36 Å². The van der Waals surface area contributed by atoms with Crippen molar-refractivity contribution >= 4 is 22.5 Å². The topological polar surface area (TPSA) is 83.8 Å². The summed E-state index contributed by atoms with van der Waals surface area (Å²) in [5.74, 6) is -0.482. The molecule has 2 rings (SSSR count). The molecule has 0 N–H and O–H groups in total. The molecule has 0 radical (unpaired) electrons. The molecule has 1 heterocycles. The first-order valence-electron chi connectivity index (χ1n) is 8.89. The van der Waals surface area contributed by atoms with E-state index in [4.69, 9.17) is 4.84 Å². The minimum absolute atomic E-state index is 0.105. The number of hydrogen-bond acceptors (Lipinski definition) is 7. The molecule has 0 saturated carbocycles. The number of halogens is 3. The summed E-state index contributed by atoms with van der Waals surface area (Å²) < 4.78 is 67.1. The Morgan fingerprint density at radius 3 is 2.33 bits per heavy atom. The van der Waals surface area contributed by atoms with Crippen molar-refractivity contribution in [1.82, 2.24) is 9.21 Å². The molecule has 0 amide bonds. The van der Waals surface area contributed by atoms with Crippen LogP contribution in [0.5, 0.6) is 5.75 Å². The molecule has 0 aliphatic carbocycles. The SMILES string of the molecule is C=N/C=C(/CON=C1CCN(S(=O)(=O)c2ccc(OC(F)(F)F)cc2)CC1)N(C)C. The predicted molar refractivity (Wildman–Crippen MR) is 106 cm³/mol. The molecule has 1 fully saturated rings. The number of nitrogens with zero attached hydrogens (tertiary/aromatic N) is 4. The van der Waals surface area contributed by atoms with Gasteiger partial charge in [-0.25, -0.2) is 8.42 Å². The Kier molecular flexibility index (Phi) is 7.84. The summed E-state index contributed by atoms with van der Waals surface area (Å²) in [4.78, 5) is 10.7. The number of ether oxygens (including phenoxy) is 1. The average molecular weight is 448 g/mol. The van der Waals surface area contributed by atoms with Crippen molar-refractivity contribution in [1.29, 1.82) is 0 Å². The van der Waals surface area contributed by atoms with Gasteiger partial charge in [-0.15, -0.1) is 13.2 Å². The highest BCUT2D eigenvalue weighted by molar-refractivity contribution is 7.89. The molecule has 30 heavy (non-hydrogen) atoms.